The minimum Gasteiger partial charge on any atom is -0.460 e. The number of nitrogens with zero attached hydrogens (tertiary/aromatic N) is 1. The number of benzene rings is 3. The van der Waals surface area contributed by atoms with Crippen LogP contribution in [0.2, 0.25) is 5.02 Å². The number of halogens is 1. The molecule has 0 fully saturated rings. The lowest BCUT2D eigenvalue weighted by molar-refractivity contribution is 0.0491. The minimum absolute atomic E-state index is 0.0853. The van der Waals surface area contributed by atoms with Crippen LogP contribution in [0.5, 0.6) is 0 Å². The predicted octanol–water partition coefficient (Wildman–Crippen LogP) is 5.97. The number of carbonyl (C=O) groups is 1. The zero-order valence-electron chi connectivity index (χ0n) is 18.1. The van der Waals surface area contributed by atoms with Gasteiger partial charge in [0.05, 0.1) is 23.7 Å². The van der Waals surface area contributed by atoms with E-state index in [-0.39, 0.29) is 23.8 Å². The quantitative estimate of drug-likeness (QED) is 0.303. The maximum absolute atomic E-state index is 13.7. The molecule has 0 atom stereocenters. The van der Waals surface area contributed by atoms with Gasteiger partial charge in [-0.2, -0.15) is 0 Å². The summed E-state index contributed by atoms with van der Waals surface area (Å²) in [7, 11) is -3.95. The van der Waals surface area contributed by atoms with Gasteiger partial charge >= 0.3 is 5.97 Å². The van der Waals surface area contributed by atoms with Crippen LogP contribution in [0.4, 0.5) is 5.69 Å². The maximum Gasteiger partial charge on any atom is 0.374 e. The van der Waals surface area contributed by atoms with E-state index in [0.717, 1.165) is 5.56 Å². The van der Waals surface area contributed by atoms with E-state index in [4.69, 9.17) is 20.8 Å². The van der Waals surface area contributed by atoms with Gasteiger partial charge in [0.15, 0.2) is 0 Å². The largest absolute Gasteiger partial charge is 0.460 e. The van der Waals surface area contributed by atoms with Crippen molar-refractivity contribution in [1.29, 1.82) is 0 Å². The van der Waals surface area contributed by atoms with E-state index < -0.39 is 16.0 Å². The molecule has 0 unspecified atom stereocenters. The molecule has 6 nitrogen and oxygen atoms in total. The fourth-order valence-electron chi connectivity index (χ4n) is 3.57. The van der Waals surface area contributed by atoms with Crippen LogP contribution in [0.3, 0.4) is 0 Å². The van der Waals surface area contributed by atoms with Crippen molar-refractivity contribution in [2.24, 2.45) is 0 Å². The van der Waals surface area contributed by atoms with Gasteiger partial charge in [0.25, 0.3) is 10.0 Å². The van der Waals surface area contributed by atoms with E-state index in [9.17, 15) is 13.2 Å². The monoisotopic (exact) mass is 483 g/mol. The topological polar surface area (TPSA) is 76.8 Å². The first-order valence-electron chi connectivity index (χ1n) is 10.3. The Morgan fingerprint density at radius 2 is 1.79 bits per heavy atom. The highest BCUT2D eigenvalue weighted by atomic mass is 35.5. The van der Waals surface area contributed by atoms with Crippen LogP contribution < -0.4 is 4.31 Å². The van der Waals surface area contributed by atoms with E-state index >= 15 is 0 Å². The molecule has 0 amide bonds. The van der Waals surface area contributed by atoms with Crippen molar-refractivity contribution >= 4 is 44.3 Å². The number of fused-ring (bicyclic) bond motifs is 1. The molecule has 0 spiro atoms. The maximum atomic E-state index is 13.7. The number of esters is 1. The Morgan fingerprint density at radius 3 is 2.48 bits per heavy atom. The molecule has 0 N–H and O–H groups in total. The molecule has 0 aliphatic rings. The fraction of sp³-hybridized carbons (Fsp3) is 0.160. The predicted molar refractivity (Wildman–Crippen MR) is 128 cm³/mol. The molecule has 33 heavy (non-hydrogen) atoms. The molecular weight excluding hydrogens is 462 g/mol. The van der Waals surface area contributed by atoms with Crippen LogP contribution in [0.1, 0.15) is 28.6 Å². The van der Waals surface area contributed by atoms with Crippen LogP contribution in [-0.4, -0.2) is 21.0 Å². The normalized spacial score (nSPS) is 11.5. The lowest BCUT2D eigenvalue weighted by Crippen LogP contribution is -2.30. The summed E-state index contributed by atoms with van der Waals surface area (Å²) in [4.78, 5) is 12.3. The van der Waals surface area contributed by atoms with Gasteiger partial charge in [-0.15, -0.1) is 0 Å². The lowest BCUT2D eigenvalue weighted by Gasteiger charge is -2.25. The first kappa shape index (κ1) is 22.9. The number of hydrogen-bond donors (Lipinski definition) is 0. The van der Waals surface area contributed by atoms with Gasteiger partial charge in [0, 0.05) is 16.0 Å². The second kappa shape index (κ2) is 9.29. The third kappa shape index (κ3) is 4.60. The Morgan fingerprint density at radius 1 is 1.03 bits per heavy atom. The number of furan rings is 1. The molecular formula is C25H22ClNO5S. The summed E-state index contributed by atoms with van der Waals surface area (Å²) >= 11 is 6.08. The Labute approximate surface area is 197 Å². The third-order valence-electron chi connectivity index (χ3n) is 5.22. The van der Waals surface area contributed by atoms with Crippen molar-refractivity contribution in [3.63, 3.8) is 0 Å². The Kier molecular flexibility index (Phi) is 6.44. The zero-order chi connectivity index (χ0) is 23.6. The van der Waals surface area contributed by atoms with Crippen molar-refractivity contribution in [2.75, 3.05) is 10.9 Å². The van der Waals surface area contributed by atoms with Crippen molar-refractivity contribution in [3.05, 3.63) is 94.7 Å². The van der Waals surface area contributed by atoms with E-state index in [1.54, 1.807) is 44.2 Å². The molecule has 1 heterocycles. The van der Waals surface area contributed by atoms with Crippen molar-refractivity contribution in [3.8, 4) is 0 Å². The average Bonchev–Trinajstić information content (AvgIpc) is 3.14. The smallest absolute Gasteiger partial charge is 0.374 e. The van der Waals surface area contributed by atoms with Crippen LogP contribution in [0, 0.1) is 6.92 Å². The van der Waals surface area contributed by atoms with Crippen molar-refractivity contribution in [2.45, 2.75) is 25.3 Å². The first-order valence-corrected chi connectivity index (χ1v) is 12.2. The molecule has 0 aliphatic carbocycles. The first-order chi connectivity index (χ1) is 15.8. The molecule has 0 saturated carbocycles. The molecule has 1 aromatic heterocycles. The molecule has 4 rings (SSSR count). The van der Waals surface area contributed by atoms with Crippen LogP contribution in [0.25, 0.3) is 11.0 Å². The number of carbonyl (C=O) groups excluding carboxylic acids is 1. The highest BCUT2D eigenvalue weighted by Gasteiger charge is 2.27. The number of anilines is 1. The van der Waals surface area contributed by atoms with E-state index in [1.165, 1.54) is 16.4 Å². The number of ether oxygens (including phenoxy) is 1. The van der Waals surface area contributed by atoms with E-state index in [1.807, 2.05) is 30.3 Å². The Bertz CT molecular complexity index is 1410. The zero-order valence-corrected chi connectivity index (χ0v) is 19.7. The second-order valence-corrected chi connectivity index (χ2v) is 9.71. The molecule has 3 aromatic carbocycles. The molecule has 4 aromatic rings. The average molecular weight is 484 g/mol. The van der Waals surface area contributed by atoms with Crippen molar-refractivity contribution < 1.29 is 22.4 Å². The molecule has 8 heteroatoms. The summed E-state index contributed by atoms with van der Waals surface area (Å²) in [5.41, 5.74) is 2.31. The molecule has 170 valence electrons. The summed E-state index contributed by atoms with van der Waals surface area (Å²) in [6.07, 6.45) is 0. The molecule has 0 bridgehead atoms. The number of rotatable bonds is 7. The Balaban J connectivity index is 1.85. The second-order valence-electron chi connectivity index (χ2n) is 7.41. The van der Waals surface area contributed by atoms with Gasteiger partial charge in [-0.25, -0.2) is 13.2 Å². The standard InChI is InChI=1S/C25H22ClNO5S/c1-3-31-25(28)24-17(2)22-15-20(12-13-23(22)32-24)27(16-18-8-5-4-6-9-18)33(29,30)21-11-7-10-19(26)14-21/h4-15H,3,16H2,1-2H3. The van der Waals surface area contributed by atoms with Crippen molar-refractivity contribution in [1.82, 2.24) is 0 Å². The van der Waals surface area contributed by atoms with Crippen LogP contribution in [0.15, 0.2) is 82.1 Å². The number of aryl methyl sites for hydroxylation is 1. The SMILES string of the molecule is CCOC(=O)c1oc2ccc(N(Cc3ccccc3)S(=O)(=O)c3cccc(Cl)c3)cc2c1C. The van der Waals surface area contributed by atoms with Crippen LogP contribution in [-0.2, 0) is 21.3 Å². The van der Waals surface area contributed by atoms with Gasteiger partial charge in [-0.1, -0.05) is 48.0 Å². The van der Waals surface area contributed by atoms with Gasteiger partial charge < -0.3 is 9.15 Å². The Hall–Kier alpha value is -3.29. The van der Waals surface area contributed by atoms with E-state index in [0.29, 0.717) is 27.2 Å². The highest BCUT2D eigenvalue weighted by molar-refractivity contribution is 7.92. The molecule has 0 aliphatic heterocycles. The van der Waals surface area contributed by atoms with Gasteiger partial charge in [-0.3, -0.25) is 4.31 Å². The summed E-state index contributed by atoms with van der Waals surface area (Å²) in [5, 5.41) is 0.964. The van der Waals surface area contributed by atoms with E-state index in [2.05, 4.69) is 0 Å². The third-order valence-corrected chi connectivity index (χ3v) is 7.23. The highest BCUT2D eigenvalue weighted by Crippen LogP contribution is 2.33. The van der Waals surface area contributed by atoms with Gasteiger partial charge in [0.2, 0.25) is 5.76 Å². The molecule has 0 saturated heterocycles. The van der Waals surface area contributed by atoms with Gasteiger partial charge in [-0.05, 0) is 55.8 Å². The fourth-order valence-corrected chi connectivity index (χ4v) is 5.32. The summed E-state index contributed by atoms with van der Waals surface area (Å²) in [5.74, 6) is -0.447. The summed E-state index contributed by atoms with van der Waals surface area (Å²) < 4.78 is 39.4. The summed E-state index contributed by atoms with van der Waals surface area (Å²) in [6.45, 7) is 3.80. The minimum atomic E-state index is -3.95. The molecule has 0 radical (unpaired) electrons. The lowest BCUT2D eigenvalue weighted by atomic mass is 10.1. The van der Waals surface area contributed by atoms with Crippen LogP contribution >= 0.6 is 11.6 Å². The number of sulfonamides is 1. The summed E-state index contributed by atoms with van der Waals surface area (Å²) in [6, 6.07) is 20.5. The van der Waals surface area contributed by atoms with Gasteiger partial charge in [0.1, 0.15) is 5.58 Å². The number of hydrogen-bond acceptors (Lipinski definition) is 5.